The number of methoxy groups -OCH3 is 1. The van der Waals surface area contributed by atoms with Gasteiger partial charge < -0.3 is 15.4 Å². The zero-order valence-electron chi connectivity index (χ0n) is 12.8. The fraction of sp³-hybridized carbons (Fsp3) is 0.533. The number of nitrogens with zero attached hydrogens (tertiary/aromatic N) is 1. The summed E-state index contributed by atoms with van der Waals surface area (Å²) in [5, 5.41) is 5.40. The van der Waals surface area contributed by atoms with Crippen LogP contribution in [0.4, 0.5) is 18.0 Å². The van der Waals surface area contributed by atoms with Gasteiger partial charge >= 0.3 is 12.2 Å². The summed E-state index contributed by atoms with van der Waals surface area (Å²) < 4.78 is 42.0. The number of carbonyl (C=O) groups is 1. The highest BCUT2D eigenvalue weighted by Crippen LogP contribution is 2.20. The number of urea groups is 1. The smallest absolute Gasteiger partial charge is 0.401 e. The minimum atomic E-state index is -4.20. The van der Waals surface area contributed by atoms with E-state index in [-0.39, 0.29) is 18.6 Å². The Morgan fingerprint density at radius 3 is 2.91 bits per heavy atom. The lowest BCUT2D eigenvalue weighted by atomic mass is 10.2. The Morgan fingerprint density at radius 2 is 2.22 bits per heavy atom. The molecule has 0 aromatic heterocycles. The molecule has 128 valence electrons. The van der Waals surface area contributed by atoms with E-state index in [1.165, 1.54) is 4.90 Å². The number of ether oxygens (including phenoxy) is 1. The number of amides is 2. The Kier molecular flexibility index (Phi) is 5.70. The first-order valence-electron chi connectivity index (χ1n) is 7.32. The van der Waals surface area contributed by atoms with Gasteiger partial charge in [0.15, 0.2) is 0 Å². The first-order valence-corrected chi connectivity index (χ1v) is 7.32. The van der Waals surface area contributed by atoms with Crippen LogP contribution in [-0.2, 0) is 6.54 Å². The van der Waals surface area contributed by atoms with Crippen LogP contribution in [0.3, 0.4) is 0 Å². The molecule has 1 unspecified atom stereocenters. The monoisotopic (exact) mass is 331 g/mol. The second kappa shape index (κ2) is 7.54. The minimum absolute atomic E-state index is 0.214. The molecule has 1 fully saturated rings. The van der Waals surface area contributed by atoms with Gasteiger partial charge in [0, 0.05) is 25.7 Å². The SMILES string of the molecule is COc1cccc(CNC(=O)NC2CCN(CC(F)(F)F)C2)c1. The van der Waals surface area contributed by atoms with Gasteiger partial charge in [-0.25, -0.2) is 4.79 Å². The quantitative estimate of drug-likeness (QED) is 0.869. The normalized spacial score (nSPS) is 18.7. The summed E-state index contributed by atoms with van der Waals surface area (Å²) >= 11 is 0. The molecule has 8 heteroatoms. The topological polar surface area (TPSA) is 53.6 Å². The molecule has 1 aliphatic heterocycles. The van der Waals surface area contributed by atoms with E-state index < -0.39 is 12.7 Å². The van der Waals surface area contributed by atoms with E-state index in [4.69, 9.17) is 4.74 Å². The van der Waals surface area contributed by atoms with E-state index in [2.05, 4.69) is 10.6 Å². The molecule has 2 rings (SSSR count). The average Bonchev–Trinajstić information content (AvgIpc) is 2.90. The Hall–Kier alpha value is -1.96. The fourth-order valence-corrected chi connectivity index (χ4v) is 2.55. The Labute approximate surface area is 132 Å². The molecule has 0 radical (unpaired) electrons. The second-order valence-corrected chi connectivity index (χ2v) is 5.51. The van der Waals surface area contributed by atoms with Gasteiger partial charge in [-0.2, -0.15) is 13.2 Å². The van der Waals surface area contributed by atoms with Gasteiger partial charge in [-0.1, -0.05) is 12.1 Å². The van der Waals surface area contributed by atoms with Crippen molar-refractivity contribution in [1.82, 2.24) is 15.5 Å². The first kappa shape index (κ1) is 17.4. The molecule has 1 atom stereocenters. The highest BCUT2D eigenvalue weighted by molar-refractivity contribution is 5.74. The van der Waals surface area contributed by atoms with E-state index >= 15 is 0 Å². The summed E-state index contributed by atoms with van der Waals surface area (Å²) in [7, 11) is 1.56. The molecule has 1 aromatic rings. The summed E-state index contributed by atoms with van der Waals surface area (Å²) in [5.74, 6) is 0.697. The molecule has 2 N–H and O–H groups in total. The molecule has 2 amide bonds. The number of hydrogen-bond acceptors (Lipinski definition) is 3. The van der Waals surface area contributed by atoms with Crippen LogP contribution in [0.15, 0.2) is 24.3 Å². The molecule has 23 heavy (non-hydrogen) atoms. The molecular formula is C15H20F3N3O2. The molecule has 1 aliphatic rings. The van der Waals surface area contributed by atoms with Crippen LogP contribution in [0.5, 0.6) is 5.75 Å². The predicted octanol–water partition coefficient (Wildman–Crippen LogP) is 2.13. The average molecular weight is 331 g/mol. The van der Waals surface area contributed by atoms with E-state index in [0.29, 0.717) is 25.3 Å². The minimum Gasteiger partial charge on any atom is -0.497 e. The Balaban J connectivity index is 1.73. The van der Waals surface area contributed by atoms with Gasteiger partial charge in [-0.3, -0.25) is 4.90 Å². The maximum absolute atomic E-state index is 12.3. The number of likely N-dealkylation sites (tertiary alicyclic amines) is 1. The molecule has 5 nitrogen and oxygen atoms in total. The van der Waals surface area contributed by atoms with Crippen molar-refractivity contribution in [1.29, 1.82) is 0 Å². The summed E-state index contributed by atoms with van der Waals surface area (Å²) in [4.78, 5) is 13.1. The molecule has 0 spiro atoms. The number of benzene rings is 1. The van der Waals surface area contributed by atoms with Crippen LogP contribution in [0.25, 0.3) is 0 Å². The maximum atomic E-state index is 12.3. The van der Waals surface area contributed by atoms with Crippen molar-refractivity contribution in [3.63, 3.8) is 0 Å². The lowest BCUT2D eigenvalue weighted by Crippen LogP contribution is -2.43. The zero-order valence-corrected chi connectivity index (χ0v) is 12.8. The summed E-state index contributed by atoms with van der Waals surface area (Å²) in [6, 6.07) is 6.64. The summed E-state index contributed by atoms with van der Waals surface area (Å²) in [6.45, 7) is -0.0644. The summed E-state index contributed by atoms with van der Waals surface area (Å²) in [6.07, 6.45) is -3.69. The van der Waals surface area contributed by atoms with Gasteiger partial charge in [0.2, 0.25) is 0 Å². The molecule has 0 aliphatic carbocycles. The van der Waals surface area contributed by atoms with Gasteiger partial charge in [0.1, 0.15) is 5.75 Å². The number of halogens is 3. The van der Waals surface area contributed by atoms with Crippen molar-refractivity contribution in [3.8, 4) is 5.75 Å². The third kappa shape index (κ3) is 5.97. The molecular weight excluding hydrogens is 311 g/mol. The number of nitrogens with one attached hydrogen (secondary N) is 2. The highest BCUT2D eigenvalue weighted by Gasteiger charge is 2.34. The van der Waals surface area contributed by atoms with Crippen LogP contribution in [0.1, 0.15) is 12.0 Å². The standard InChI is InChI=1S/C15H20F3N3O2/c1-23-13-4-2-3-11(7-13)8-19-14(22)20-12-5-6-21(9-12)10-15(16,17)18/h2-4,7,12H,5-6,8-10H2,1H3,(H2,19,20,22). The maximum Gasteiger partial charge on any atom is 0.401 e. The van der Waals surface area contributed by atoms with Crippen molar-refractivity contribution in [2.75, 3.05) is 26.7 Å². The van der Waals surface area contributed by atoms with Crippen LogP contribution >= 0.6 is 0 Å². The Morgan fingerprint density at radius 1 is 1.43 bits per heavy atom. The third-order valence-corrected chi connectivity index (χ3v) is 3.60. The number of carbonyl (C=O) groups excluding carboxylic acids is 1. The van der Waals surface area contributed by atoms with E-state index in [1.807, 2.05) is 12.1 Å². The molecule has 0 saturated carbocycles. The highest BCUT2D eigenvalue weighted by atomic mass is 19.4. The first-order chi connectivity index (χ1) is 10.9. The zero-order chi connectivity index (χ0) is 16.9. The lowest BCUT2D eigenvalue weighted by molar-refractivity contribution is -0.143. The molecule has 1 heterocycles. The second-order valence-electron chi connectivity index (χ2n) is 5.51. The predicted molar refractivity (Wildman–Crippen MR) is 79.3 cm³/mol. The van der Waals surface area contributed by atoms with E-state index in [9.17, 15) is 18.0 Å². The van der Waals surface area contributed by atoms with Crippen LogP contribution in [-0.4, -0.2) is 49.9 Å². The number of rotatable bonds is 5. The third-order valence-electron chi connectivity index (χ3n) is 3.60. The largest absolute Gasteiger partial charge is 0.497 e. The van der Waals surface area contributed by atoms with Crippen molar-refractivity contribution in [2.45, 2.75) is 25.2 Å². The van der Waals surface area contributed by atoms with Gasteiger partial charge in [-0.15, -0.1) is 0 Å². The van der Waals surface area contributed by atoms with Gasteiger partial charge in [0.05, 0.1) is 13.7 Å². The number of alkyl halides is 3. The van der Waals surface area contributed by atoms with Crippen LogP contribution in [0, 0.1) is 0 Å². The van der Waals surface area contributed by atoms with E-state index in [0.717, 1.165) is 5.56 Å². The summed E-state index contributed by atoms with van der Waals surface area (Å²) in [5.41, 5.74) is 0.879. The molecule has 1 aromatic carbocycles. The van der Waals surface area contributed by atoms with Crippen LogP contribution in [0.2, 0.25) is 0 Å². The van der Waals surface area contributed by atoms with E-state index in [1.54, 1.807) is 19.2 Å². The van der Waals surface area contributed by atoms with Crippen molar-refractivity contribution in [2.24, 2.45) is 0 Å². The van der Waals surface area contributed by atoms with Crippen molar-refractivity contribution in [3.05, 3.63) is 29.8 Å². The molecule has 0 bridgehead atoms. The number of hydrogen-bond donors (Lipinski definition) is 2. The van der Waals surface area contributed by atoms with Gasteiger partial charge in [0.25, 0.3) is 0 Å². The van der Waals surface area contributed by atoms with Crippen molar-refractivity contribution >= 4 is 6.03 Å². The van der Waals surface area contributed by atoms with Gasteiger partial charge in [-0.05, 0) is 24.1 Å². The lowest BCUT2D eigenvalue weighted by Gasteiger charge is -2.18. The fourth-order valence-electron chi connectivity index (χ4n) is 2.55. The van der Waals surface area contributed by atoms with Crippen LogP contribution < -0.4 is 15.4 Å². The Bertz CT molecular complexity index is 537. The van der Waals surface area contributed by atoms with Crippen molar-refractivity contribution < 1.29 is 22.7 Å². The molecule has 1 saturated heterocycles.